The number of benzene rings is 1. The fourth-order valence-corrected chi connectivity index (χ4v) is 5.36. The van der Waals surface area contributed by atoms with Crippen LogP contribution in [0.4, 0.5) is 5.82 Å². The summed E-state index contributed by atoms with van der Waals surface area (Å²) in [5.74, 6) is 2.07. The highest BCUT2D eigenvalue weighted by molar-refractivity contribution is 5.94. The van der Waals surface area contributed by atoms with Crippen molar-refractivity contribution >= 4 is 17.6 Å². The lowest BCUT2D eigenvalue weighted by atomic mass is 10.1. The molecule has 174 valence electrons. The number of nitrogens with one attached hydrogen (secondary N) is 1. The Kier molecular flexibility index (Phi) is 5.08. The van der Waals surface area contributed by atoms with Crippen molar-refractivity contribution in [3.05, 3.63) is 76.7 Å². The molecule has 1 aliphatic heterocycles. The average molecular weight is 457 g/mol. The molecule has 3 N–H and O–H groups in total. The number of likely N-dealkylation sites (tertiary alicyclic amines) is 1. The van der Waals surface area contributed by atoms with E-state index in [0.29, 0.717) is 30.4 Å². The van der Waals surface area contributed by atoms with E-state index in [-0.39, 0.29) is 17.9 Å². The number of rotatable bonds is 6. The first kappa shape index (κ1) is 20.9. The van der Waals surface area contributed by atoms with Crippen LogP contribution < -0.4 is 11.1 Å². The summed E-state index contributed by atoms with van der Waals surface area (Å²) in [6, 6.07) is 10.2. The maximum absolute atomic E-state index is 12.8. The van der Waals surface area contributed by atoms with Gasteiger partial charge in [0.1, 0.15) is 5.82 Å². The quantitative estimate of drug-likeness (QED) is 0.593. The van der Waals surface area contributed by atoms with Crippen molar-refractivity contribution in [3.8, 4) is 0 Å². The predicted molar refractivity (Wildman–Crippen MR) is 127 cm³/mol. The average Bonchev–Trinajstić information content (AvgIpc) is 3.21. The molecule has 1 saturated carbocycles. The number of nitrogens with two attached hydrogens (primary N) is 1. The zero-order valence-electron chi connectivity index (χ0n) is 19.0. The molecule has 6 rings (SSSR count). The number of fused-ring (bicyclic) bond motifs is 2. The Bertz CT molecular complexity index is 1250. The highest BCUT2D eigenvalue weighted by atomic mass is 16.2. The molecule has 2 amide bonds. The number of aromatic nitrogens is 3. The van der Waals surface area contributed by atoms with E-state index in [4.69, 9.17) is 5.73 Å². The third-order valence-corrected chi connectivity index (χ3v) is 7.44. The number of hydrogen-bond acceptors (Lipinski definition) is 5. The van der Waals surface area contributed by atoms with Crippen LogP contribution in [-0.4, -0.2) is 38.0 Å². The summed E-state index contributed by atoms with van der Waals surface area (Å²) < 4.78 is 1.77. The smallest absolute Gasteiger partial charge is 0.254 e. The highest BCUT2D eigenvalue weighted by Gasteiger charge is 2.44. The zero-order chi connectivity index (χ0) is 23.2. The zero-order valence-corrected chi connectivity index (χ0v) is 19.0. The molecule has 1 saturated heterocycles. The van der Waals surface area contributed by atoms with Crippen molar-refractivity contribution < 1.29 is 9.59 Å². The molecule has 3 atom stereocenters. The summed E-state index contributed by atoms with van der Waals surface area (Å²) in [7, 11) is 0. The second-order valence-corrected chi connectivity index (χ2v) is 9.81. The second-order valence-electron chi connectivity index (χ2n) is 9.81. The van der Waals surface area contributed by atoms with Gasteiger partial charge in [0, 0.05) is 31.9 Å². The Morgan fingerprint density at radius 2 is 1.91 bits per heavy atom. The number of anilines is 1. The molecule has 3 heterocycles. The van der Waals surface area contributed by atoms with Crippen molar-refractivity contribution in [1.82, 2.24) is 25.0 Å². The molecule has 0 radical (unpaired) electrons. The number of hydrogen-bond donors (Lipinski definition) is 2. The van der Waals surface area contributed by atoms with Gasteiger partial charge in [0.15, 0.2) is 0 Å². The molecule has 1 aromatic carbocycles. The molecule has 2 aromatic heterocycles. The molecule has 3 aromatic rings. The van der Waals surface area contributed by atoms with Gasteiger partial charge in [-0.2, -0.15) is 5.10 Å². The number of carbonyl (C=O) groups excluding carboxylic acids is 2. The van der Waals surface area contributed by atoms with Crippen LogP contribution in [0.5, 0.6) is 0 Å². The number of nitrogen functional groups attached to an aromatic ring is 1. The lowest BCUT2D eigenvalue weighted by molar-refractivity contribution is -0.134. The molecule has 2 unspecified atom stereocenters. The molecule has 3 aliphatic rings. The number of piperidine rings is 1. The van der Waals surface area contributed by atoms with E-state index in [2.05, 4.69) is 39.7 Å². The Balaban J connectivity index is 1.06. The SMILES string of the molecule is Nc1nccc2c1CC[C@H]2NC(=O)c1cnn(Cc2ccc(CN3CC4CC4CC3=O)cc2)c1. The summed E-state index contributed by atoms with van der Waals surface area (Å²) in [4.78, 5) is 31.2. The topological polar surface area (TPSA) is 106 Å². The molecule has 2 fully saturated rings. The van der Waals surface area contributed by atoms with E-state index in [1.54, 1.807) is 23.3 Å². The summed E-state index contributed by atoms with van der Waals surface area (Å²) in [5, 5.41) is 7.48. The van der Waals surface area contributed by atoms with Crippen LogP contribution in [0.3, 0.4) is 0 Å². The third kappa shape index (κ3) is 4.04. The first-order chi connectivity index (χ1) is 16.5. The van der Waals surface area contributed by atoms with Crippen molar-refractivity contribution in [2.24, 2.45) is 11.8 Å². The first-order valence-corrected chi connectivity index (χ1v) is 12.0. The number of amides is 2. The van der Waals surface area contributed by atoms with Crippen LogP contribution in [0.15, 0.2) is 48.9 Å². The van der Waals surface area contributed by atoms with E-state index in [1.807, 2.05) is 11.0 Å². The van der Waals surface area contributed by atoms with Gasteiger partial charge < -0.3 is 16.0 Å². The summed E-state index contributed by atoms with van der Waals surface area (Å²) in [6.07, 6.45) is 8.65. The Hall–Kier alpha value is -3.68. The molecule has 8 heteroatoms. The molecule has 2 aliphatic carbocycles. The number of carbonyl (C=O) groups is 2. The minimum Gasteiger partial charge on any atom is -0.383 e. The van der Waals surface area contributed by atoms with Crippen LogP contribution in [0, 0.1) is 11.8 Å². The Morgan fingerprint density at radius 3 is 2.74 bits per heavy atom. The highest BCUT2D eigenvalue weighted by Crippen LogP contribution is 2.45. The fourth-order valence-electron chi connectivity index (χ4n) is 5.36. The predicted octanol–water partition coefficient (Wildman–Crippen LogP) is 2.69. The second kappa shape index (κ2) is 8.27. The monoisotopic (exact) mass is 456 g/mol. The molecule has 34 heavy (non-hydrogen) atoms. The summed E-state index contributed by atoms with van der Waals surface area (Å²) in [6.45, 7) is 2.16. The van der Waals surface area contributed by atoms with E-state index < -0.39 is 0 Å². The van der Waals surface area contributed by atoms with Gasteiger partial charge in [-0.15, -0.1) is 0 Å². The van der Waals surface area contributed by atoms with Crippen molar-refractivity contribution in [2.75, 3.05) is 12.3 Å². The minimum atomic E-state index is -0.140. The van der Waals surface area contributed by atoms with E-state index in [9.17, 15) is 9.59 Å². The largest absolute Gasteiger partial charge is 0.383 e. The standard InChI is InChI=1S/C26H28N6O2/c27-25-22-5-6-23(21(22)7-8-28-25)30-26(34)20-11-29-32(15-20)13-17-3-1-16(2-4-17)12-31-14-19-9-18(19)10-24(31)33/h1-4,7-8,11,15,18-19,23H,5-6,9-10,12-14H2,(H2,27,28)(H,30,34)/t18?,19?,23-/m1/s1. The Labute approximate surface area is 198 Å². The summed E-state index contributed by atoms with van der Waals surface area (Å²) >= 11 is 0. The molecule has 0 spiro atoms. The molecular weight excluding hydrogens is 428 g/mol. The fraction of sp³-hybridized carbons (Fsp3) is 0.385. The van der Waals surface area contributed by atoms with Crippen LogP contribution >= 0.6 is 0 Å². The van der Waals surface area contributed by atoms with Gasteiger partial charge in [0.2, 0.25) is 5.91 Å². The lowest BCUT2D eigenvalue weighted by Gasteiger charge is -2.26. The van der Waals surface area contributed by atoms with Gasteiger partial charge in [-0.05, 0) is 59.4 Å². The van der Waals surface area contributed by atoms with Crippen molar-refractivity contribution in [3.63, 3.8) is 0 Å². The van der Waals surface area contributed by atoms with Gasteiger partial charge in [-0.25, -0.2) is 4.98 Å². The van der Waals surface area contributed by atoms with Crippen molar-refractivity contribution in [1.29, 1.82) is 0 Å². The van der Waals surface area contributed by atoms with Crippen molar-refractivity contribution in [2.45, 2.75) is 44.8 Å². The normalized spacial score (nSPS) is 22.9. The first-order valence-electron chi connectivity index (χ1n) is 12.0. The lowest BCUT2D eigenvalue weighted by Crippen LogP contribution is -2.36. The van der Waals surface area contributed by atoms with E-state index in [0.717, 1.165) is 54.0 Å². The van der Waals surface area contributed by atoms with Gasteiger partial charge in [0.05, 0.1) is 24.3 Å². The van der Waals surface area contributed by atoms with Gasteiger partial charge in [-0.3, -0.25) is 14.3 Å². The Morgan fingerprint density at radius 1 is 1.12 bits per heavy atom. The van der Waals surface area contributed by atoms with Crippen LogP contribution in [0.1, 0.15) is 57.9 Å². The van der Waals surface area contributed by atoms with Gasteiger partial charge >= 0.3 is 0 Å². The maximum atomic E-state index is 12.8. The third-order valence-electron chi connectivity index (χ3n) is 7.44. The minimum absolute atomic E-state index is 0.0544. The van der Waals surface area contributed by atoms with E-state index >= 15 is 0 Å². The number of nitrogens with zero attached hydrogens (tertiary/aromatic N) is 4. The molecule has 0 bridgehead atoms. The molecular formula is C26H28N6O2. The van der Waals surface area contributed by atoms with Gasteiger partial charge in [0.25, 0.3) is 5.91 Å². The summed E-state index contributed by atoms with van der Waals surface area (Å²) in [5.41, 5.74) is 10.8. The van der Waals surface area contributed by atoms with Crippen LogP contribution in [0.25, 0.3) is 0 Å². The number of pyridine rings is 1. The van der Waals surface area contributed by atoms with Gasteiger partial charge in [-0.1, -0.05) is 24.3 Å². The van der Waals surface area contributed by atoms with Crippen LogP contribution in [-0.2, 0) is 24.3 Å². The maximum Gasteiger partial charge on any atom is 0.254 e. The van der Waals surface area contributed by atoms with E-state index in [1.165, 1.54) is 6.42 Å². The van der Waals surface area contributed by atoms with Crippen LogP contribution in [0.2, 0.25) is 0 Å². The molecule has 8 nitrogen and oxygen atoms in total.